The van der Waals surface area contributed by atoms with Crippen LogP contribution in [-0.4, -0.2) is 12.1 Å². The molecule has 19 heavy (non-hydrogen) atoms. The topological polar surface area (TPSA) is 31.4 Å². The van der Waals surface area contributed by atoms with Gasteiger partial charge in [-0.2, -0.15) is 0 Å². The Kier molecular flexibility index (Phi) is 4.80. The van der Waals surface area contributed by atoms with E-state index in [-0.39, 0.29) is 0 Å². The molecule has 0 atom stereocenters. The molecule has 0 saturated carbocycles. The maximum atomic E-state index is 5.86. The van der Waals surface area contributed by atoms with Gasteiger partial charge in [0.05, 0.1) is 12.7 Å². The second kappa shape index (κ2) is 6.57. The molecule has 0 radical (unpaired) electrons. The molecule has 100 valence electrons. The first-order chi connectivity index (χ1) is 9.24. The molecule has 0 bridgehead atoms. The molecule has 0 spiro atoms. The zero-order chi connectivity index (χ0) is 13.7. The molecule has 2 aromatic rings. The fourth-order valence-corrected chi connectivity index (χ4v) is 2.26. The Morgan fingerprint density at radius 1 is 1.21 bits per heavy atom. The largest absolute Gasteiger partial charge is 0.488 e. The van der Waals surface area contributed by atoms with Crippen molar-refractivity contribution in [1.29, 1.82) is 0 Å². The molecule has 0 aliphatic heterocycles. The summed E-state index contributed by atoms with van der Waals surface area (Å²) in [7, 11) is 1.61. The van der Waals surface area contributed by atoms with E-state index in [0.717, 1.165) is 22.2 Å². The van der Waals surface area contributed by atoms with Crippen LogP contribution in [0, 0.1) is 6.92 Å². The van der Waals surface area contributed by atoms with E-state index < -0.39 is 0 Å². The summed E-state index contributed by atoms with van der Waals surface area (Å²) in [6.45, 7) is 2.51. The molecule has 2 rings (SSSR count). The van der Waals surface area contributed by atoms with Crippen molar-refractivity contribution in [3.8, 4) is 11.6 Å². The fraction of sp³-hybridized carbons (Fsp3) is 0.267. The van der Waals surface area contributed by atoms with Crippen molar-refractivity contribution in [1.82, 2.24) is 4.98 Å². The number of nitrogens with zero attached hydrogens (tertiary/aromatic N) is 1. The summed E-state index contributed by atoms with van der Waals surface area (Å²) in [6.07, 6.45) is 1.71. The number of hydrogen-bond acceptors (Lipinski definition) is 3. The van der Waals surface area contributed by atoms with Gasteiger partial charge in [-0.25, -0.2) is 4.98 Å². The first-order valence-corrected chi connectivity index (χ1v) is 7.13. The number of methoxy groups -OCH3 is 1. The van der Waals surface area contributed by atoms with Crippen LogP contribution in [0.25, 0.3) is 0 Å². The highest BCUT2D eigenvalue weighted by Crippen LogP contribution is 2.24. The lowest BCUT2D eigenvalue weighted by molar-refractivity contribution is 0.292. The molecule has 1 heterocycles. The summed E-state index contributed by atoms with van der Waals surface area (Å²) < 4.78 is 11.1. The minimum atomic E-state index is 0.445. The average molecular weight is 322 g/mol. The number of halogens is 1. The molecule has 0 N–H and O–H groups in total. The van der Waals surface area contributed by atoms with Crippen LogP contribution in [0.2, 0.25) is 0 Å². The first-order valence-electron chi connectivity index (χ1n) is 6.00. The minimum Gasteiger partial charge on any atom is -0.488 e. The molecule has 0 aliphatic rings. The van der Waals surface area contributed by atoms with Gasteiger partial charge in [-0.05, 0) is 25.1 Å². The maximum absolute atomic E-state index is 5.86. The zero-order valence-electron chi connectivity index (χ0n) is 11.0. The lowest BCUT2D eigenvalue weighted by atomic mass is 10.1. The van der Waals surface area contributed by atoms with E-state index in [1.54, 1.807) is 13.3 Å². The van der Waals surface area contributed by atoms with E-state index in [2.05, 4.69) is 33.9 Å². The van der Waals surface area contributed by atoms with Gasteiger partial charge in [0.15, 0.2) is 0 Å². The Morgan fingerprint density at radius 2 is 2.05 bits per heavy atom. The summed E-state index contributed by atoms with van der Waals surface area (Å²) in [5.74, 6) is 1.49. The van der Waals surface area contributed by atoms with E-state index >= 15 is 0 Å². The Morgan fingerprint density at radius 3 is 2.79 bits per heavy atom. The summed E-state index contributed by atoms with van der Waals surface area (Å²) in [4.78, 5) is 4.15. The predicted octanol–water partition coefficient (Wildman–Crippen LogP) is 3.87. The van der Waals surface area contributed by atoms with Gasteiger partial charge in [-0.3, -0.25) is 0 Å². The van der Waals surface area contributed by atoms with Crippen LogP contribution in [-0.2, 0) is 11.9 Å². The molecular formula is C15H16BrNO2. The number of aryl methyl sites for hydroxylation is 1. The van der Waals surface area contributed by atoms with Crippen LogP contribution in [0.3, 0.4) is 0 Å². The van der Waals surface area contributed by atoms with Crippen LogP contribution >= 0.6 is 15.9 Å². The minimum absolute atomic E-state index is 0.445. The molecule has 1 aromatic heterocycles. The number of hydrogen-bond donors (Lipinski definition) is 0. The zero-order valence-corrected chi connectivity index (χ0v) is 12.6. The molecule has 3 nitrogen and oxygen atoms in total. The Labute approximate surface area is 121 Å². The standard InChI is InChI=1S/C15H16BrNO2/c1-11-5-6-14(13(8-11)9-16)19-10-12-4-3-7-17-15(12)18-2/h3-8H,9-10H2,1-2H3. The number of ether oxygens (including phenoxy) is 2. The smallest absolute Gasteiger partial charge is 0.219 e. The van der Waals surface area contributed by atoms with Gasteiger partial charge in [-0.15, -0.1) is 0 Å². The van der Waals surface area contributed by atoms with Crippen molar-refractivity contribution in [3.63, 3.8) is 0 Å². The van der Waals surface area contributed by atoms with E-state index in [1.165, 1.54) is 5.56 Å². The third-order valence-electron chi connectivity index (χ3n) is 2.79. The lowest BCUT2D eigenvalue weighted by Crippen LogP contribution is -2.01. The summed E-state index contributed by atoms with van der Waals surface area (Å²) in [5.41, 5.74) is 3.30. The number of pyridine rings is 1. The van der Waals surface area contributed by atoms with Gasteiger partial charge < -0.3 is 9.47 Å². The van der Waals surface area contributed by atoms with Gasteiger partial charge >= 0.3 is 0 Å². The SMILES string of the molecule is COc1ncccc1COc1ccc(C)cc1CBr. The third kappa shape index (κ3) is 3.47. The van der Waals surface area contributed by atoms with Crippen molar-refractivity contribution >= 4 is 15.9 Å². The number of aromatic nitrogens is 1. The molecule has 4 heteroatoms. The molecule has 0 saturated heterocycles. The van der Waals surface area contributed by atoms with Crippen molar-refractivity contribution in [2.24, 2.45) is 0 Å². The molecule has 0 fully saturated rings. The average Bonchev–Trinajstić information content (AvgIpc) is 2.46. The second-order valence-electron chi connectivity index (χ2n) is 4.21. The van der Waals surface area contributed by atoms with E-state index in [4.69, 9.17) is 9.47 Å². The fourth-order valence-electron chi connectivity index (χ4n) is 1.83. The van der Waals surface area contributed by atoms with E-state index in [9.17, 15) is 0 Å². The molecule has 0 amide bonds. The maximum Gasteiger partial charge on any atom is 0.219 e. The van der Waals surface area contributed by atoms with Crippen LogP contribution in [0.15, 0.2) is 36.5 Å². The highest BCUT2D eigenvalue weighted by molar-refractivity contribution is 9.08. The monoisotopic (exact) mass is 321 g/mol. The molecule has 1 aromatic carbocycles. The van der Waals surface area contributed by atoms with Crippen LogP contribution < -0.4 is 9.47 Å². The summed E-state index contributed by atoms with van der Waals surface area (Å²) >= 11 is 3.48. The first kappa shape index (κ1) is 13.9. The van der Waals surface area contributed by atoms with Crippen molar-refractivity contribution < 1.29 is 9.47 Å². The summed E-state index contributed by atoms with van der Waals surface area (Å²) in [6, 6.07) is 9.98. The number of alkyl halides is 1. The number of benzene rings is 1. The highest BCUT2D eigenvalue weighted by atomic mass is 79.9. The Bertz CT molecular complexity index is 558. The third-order valence-corrected chi connectivity index (χ3v) is 3.39. The normalized spacial score (nSPS) is 10.3. The van der Waals surface area contributed by atoms with Crippen LogP contribution in [0.5, 0.6) is 11.6 Å². The van der Waals surface area contributed by atoms with Crippen molar-refractivity contribution in [2.75, 3.05) is 7.11 Å². The number of rotatable bonds is 5. The van der Waals surface area contributed by atoms with Gasteiger partial charge in [-0.1, -0.05) is 33.6 Å². The quantitative estimate of drug-likeness (QED) is 0.783. The van der Waals surface area contributed by atoms with Crippen LogP contribution in [0.4, 0.5) is 0 Å². The van der Waals surface area contributed by atoms with Crippen molar-refractivity contribution in [2.45, 2.75) is 18.9 Å². The second-order valence-corrected chi connectivity index (χ2v) is 4.77. The Balaban J connectivity index is 2.14. The van der Waals surface area contributed by atoms with Gasteiger partial charge in [0.1, 0.15) is 12.4 Å². The molecular weight excluding hydrogens is 306 g/mol. The molecule has 0 unspecified atom stereocenters. The van der Waals surface area contributed by atoms with Crippen LogP contribution in [0.1, 0.15) is 16.7 Å². The summed E-state index contributed by atoms with van der Waals surface area (Å²) in [5, 5.41) is 0.772. The Hall–Kier alpha value is -1.55. The lowest BCUT2D eigenvalue weighted by Gasteiger charge is -2.12. The molecule has 0 aliphatic carbocycles. The van der Waals surface area contributed by atoms with Gasteiger partial charge in [0.2, 0.25) is 5.88 Å². The predicted molar refractivity (Wildman–Crippen MR) is 78.9 cm³/mol. The van der Waals surface area contributed by atoms with E-state index in [0.29, 0.717) is 12.5 Å². The van der Waals surface area contributed by atoms with Gasteiger partial charge in [0, 0.05) is 17.1 Å². The highest BCUT2D eigenvalue weighted by Gasteiger charge is 2.07. The van der Waals surface area contributed by atoms with E-state index in [1.807, 2.05) is 24.3 Å². The van der Waals surface area contributed by atoms with Crippen molar-refractivity contribution in [3.05, 3.63) is 53.2 Å². The van der Waals surface area contributed by atoms with Gasteiger partial charge in [0.25, 0.3) is 0 Å².